The summed E-state index contributed by atoms with van der Waals surface area (Å²) in [5.74, 6) is -0.601. The fourth-order valence-electron chi connectivity index (χ4n) is 4.13. The molecule has 0 bridgehead atoms. The van der Waals surface area contributed by atoms with Crippen LogP contribution >= 0.6 is 0 Å². The highest BCUT2D eigenvalue weighted by atomic mass is 16.4. The van der Waals surface area contributed by atoms with Crippen molar-refractivity contribution in [3.63, 3.8) is 0 Å². The van der Waals surface area contributed by atoms with E-state index in [1.54, 1.807) is 0 Å². The summed E-state index contributed by atoms with van der Waals surface area (Å²) in [5.41, 5.74) is 3.97. The number of aliphatic carboxylic acids is 1. The van der Waals surface area contributed by atoms with E-state index < -0.39 is 5.97 Å². The molecule has 5 nitrogen and oxygen atoms in total. The Balaban J connectivity index is 1.55. The minimum atomic E-state index is -0.795. The summed E-state index contributed by atoms with van der Waals surface area (Å²) in [6.07, 6.45) is 6.74. The number of carbonyl (C=O) groups is 2. The number of likely N-dealkylation sites (tertiary alicyclic amines) is 1. The molecule has 0 radical (unpaired) electrons. The van der Waals surface area contributed by atoms with E-state index in [0.717, 1.165) is 44.3 Å². The first-order valence-corrected chi connectivity index (χ1v) is 9.33. The molecule has 1 amide bonds. The Morgan fingerprint density at radius 1 is 1.16 bits per heavy atom. The highest BCUT2D eigenvalue weighted by molar-refractivity contribution is 5.79. The van der Waals surface area contributed by atoms with Gasteiger partial charge in [0.2, 0.25) is 5.91 Å². The second-order valence-electron chi connectivity index (χ2n) is 7.41. The van der Waals surface area contributed by atoms with Crippen LogP contribution in [-0.4, -0.2) is 59.5 Å². The van der Waals surface area contributed by atoms with Gasteiger partial charge in [-0.15, -0.1) is 0 Å². The van der Waals surface area contributed by atoms with Gasteiger partial charge in [-0.3, -0.25) is 14.5 Å². The van der Waals surface area contributed by atoms with Crippen LogP contribution < -0.4 is 0 Å². The normalized spacial score (nSPS) is 20.4. The van der Waals surface area contributed by atoms with Gasteiger partial charge >= 0.3 is 5.97 Å². The molecule has 1 fully saturated rings. The fraction of sp³-hybridized carbons (Fsp3) is 0.600. The van der Waals surface area contributed by atoms with Crippen LogP contribution in [0.4, 0.5) is 0 Å². The number of likely N-dealkylation sites (N-methyl/N-ethyl adjacent to an activating group) is 1. The Kier molecular flexibility index (Phi) is 5.74. The summed E-state index contributed by atoms with van der Waals surface area (Å²) in [7, 11) is 1.86. The summed E-state index contributed by atoms with van der Waals surface area (Å²) in [6.45, 7) is 1.56. The second-order valence-corrected chi connectivity index (χ2v) is 7.41. The number of benzene rings is 1. The molecule has 1 heterocycles. The Bertz CT molecular complexity index is 644. The molecule has 1 aliphatic carbocycles. The number of hydrogen-bond acceptors (Lipinski definition) is 3. The SMILES string of the molecule is CN(CC(=O)O)[C@@H]1CCCN(C(=O)Cc2ccc3c(c2)CCC3)CC1. The molecule has 1 aromatic rings. The molecule has 1 atom stereocenters. The van der Waals surface area contributed by atoms with E-state index >= 15 is 0 Å². The first-order valence-electron chi connectivity index (χ1n) is 9.33. The molecule has 3 rings (SSSR count). The fourth-order valence-corrected chi connectivity index (χ4v) is 4.13. The van der Waals surface area contributed by atoms with Crippen molar-refractivity contribution in [2.75, 3.05) is 26.7 Å². The average molecular weight is 344 g/mol. The van der Waals surface area contributed by atoms with Crippen molar-refractivity contribution in [2.24, 2.45) is 0 Å². The Morgan fingerprint density at radius 3 is 2.76 bits per heavy atom. The summed E-state index contributed by atoms with van der Waals surface area (Å²) in [5, 5.41) is 8.95. The van der Waals surface area contributed by atoms with Gasteiger partial charge in [0, 0.05) is 19.1 Å². The number of hydrogen-bond donors (Lipinski definition) is 1. The van der Waals surface area contributed by atoms with Gasteiger partial charge in [-0.05, 0) is 62.3 Å². The van der Waals surface area contributed by atoms with Crippen LogP contribution in [0.5, 0.6) is 0 Å². The molecule has 0 unspecified atom stereocenters. The lowest BCUT2D eigenvalue weighted by Crippen LogP contribution is -2.37. The molecule has 0 saturated carbocycles. The minimum absolute atomic E-state index is 0.0632. The van der Waals surface area contributed by atoms with Gasteiger partial charge in [0.15, 0.2) is 0 Å². The maximum Gasteiger partial charge on any atom is 0.317 e. The number of carbonyl (C=O) groups excluding carboxylic acids is 1. The molecular weight excluding hydrogens is 316 g/mol. The van der Waals surface area contributed by atoms with E-state index in [-0.39, 0.29) is 18.5 Å². The van der Waals surface area contributed by atoms with E-state index in [1.165, 1.54) is 24.0 Å². The van der Waals surface area contributed by atoms with Crippen LogP contribution in [0.3, 0.4) is 0 Å². The van der Waals surface area contributed by atoms with Crippen molar-refractivity contribution in [2.45, 2.75) is 51.0 Å². The van der Waals surface area contributed by atoms with Gasteiger partial charge in [0.1, 0.15) is 0 Å². The largest absolute Gasteiger partial charge is 0.480 e. The highest BCUT2D eigenvalue weighted by Crippen LogP contribution is 2.23. The van der Waals surface area contributed by atoms with E-state index in [1.807, 2.05) is 16.8 Å². The van der Waals surface area contributed by atoms with E-state index in [9.17, 15) is 9.59 Å². The zero-order chi connectivity index (χ0) is 17.8. The molecule has 0 aromatic heterocycles. The third-order valence-electron chi connectivity index (χ3n) is 5.58. The quantitative estimate of drug-likeness (QED) is 0.889. The molecule has 1 aliphatic heterocycles. The number of rotatable bonds is 5. The number of amides is 1. The summed E-state index contributed by atoms with van der Waals surface area (Å²) in [4.78, 5) is 27.4. The third kappa shape index (κ3) is 4.60. The number of fused-ring (bicyclic) bond motifs is 1. The molecule has 5 heteroatoms. The van der Waals surface area contributed by atoms with Crippen LogP contribution in [0.2, 0.25) is 0 Å². The topological polar surface area (TPSA) is 60.9 Å². The Hall–Kier alpha value is -1.88. The van der Waals surface area contributed by atoms with Crippen molar-refractivity contribution < 1.29 is 14.7 Å². The van der Waals surface area contributed by atoms with Crippen molar-refractivity contribution in [1.29, 1.82) is 0 Å². The van der Waals surface area contributed by atoms with Crippen molar-refractivity contribution >= 4 is 11.9 Å². The Morgan fingerprint density at radius 2 is 1.96 bits per heavy atom. The Labute approximate surface area is 149 Å². The van der Waals surface area contributed by atoms with E-state index in [4.69, 9.17) is 5.11 Å². The maximum atomic E-state index is 12.7. The zero-order valence-corrected chi connectivity index (χ0v) is 15.0. The predicted molar refractivity (Wildman–Crippen MR) is 96.7 cm³/mol. The number of carboxylic acid groups (broad SMARTS) is 1. The standard InChI is InChI=1S/C20H28N2O3/c1-21(14-20(24)25)18-6-3-10-22(11-9-18)19(23)13-15-7-8-16-4-2-5-17(16)12-15/h7-8,12,18H,2-6,9-11,13-14H2,1H3,(H,24,25)/t18-/m1/s1. The summed E-state index contributed by atoms with van der Waals surface area (Å²) < 4.78 is 0. The average Bonchev–Trinajstić information content (AvgIpc) is 2.88. The van der Waals surface area contributed by atoms with Gasteiger partial charge in [-0.1, -0.05) is 18.2 Å². The molecule has 1 saturated heterocycles. The molecule has 2 aliphatic rings. The van der Waals surface area contributed by atoms with Crippen LogP contribution in [-0.2, 0) is 28.9 Å². The van der Waals surface area contributed by atoms with E-state index in [0.29, 0.717) is 6.42 Å². The van der Waals surface area contributed by atoms with Gasteiger partial charge in [-0.2, -0.15) is 0 Å². The summed E-state index contributed by atoms with van der Waals surface area (Å²) in [6, 6.07) is 6.74. The van der Waals surface area contributed by atoms with Crippen molar-refractivity contribution in [3.05, 3.63) is 34.9 Å². The minimum Gasteiger partial charge on any atom is -0.480 e. The van der Waals surface area contributed by atoms with Crippen LogP contribution in [0.1, 0.15) is 42.4 Å². The molecule has 1 N–H and O–H groups in total. The van der Waals surface area contributed by atoms with Crippen LogP contribution in [0, 0.1) is 0 Å². The summed E-state index contributed by atoms with van der Waals surface area (Å²) >= 11 is 0. The predicted octanol–water partition coefficient (Wildman–Crippen LogP) is 2.12. The van der Waals surface area contributed by atoms with Crippen LogP contribution in [0.15, 0.2) is 18.2 Å². The number of nitrogens with zero attached hydrogens (tertiary/aromatic N) is 2. The first kappa shape index (κ1) is 17.9. The van der Waals surface area contributed by atoms with E-state index in [2.05, 4.69) is 18.2 Å². The monoisotopic (exact) mass is 344 g/mol. The number of aryl methyl sites for hydroxylation is 2. The third-order valence-corrected chi connectivity index (χ3v) is 5.58. The van der Waals surface area contributed by atoms with Crippen molar-refractivity contribution in [3.8, 4) is 0 Å². The van der Waals surface area contributed by atoms with Gasteiger partial charge < -0.3 is 10.0 Å². The lowest BCUT2D eigenvalue weighted by molar-refractivity contribution is -0.138. The van der Waals surface area contributed by atoms with Gasteiger partial charge in [-0.25, -0.2) is 0 Å². The molecule has 0 spiro atoms. The molecule has 136 valence electrons. The smallest absolute Gasteiger partial charge is 0.317 e. The molecule has 1 aromatic carbocycles. The molecule has 25 heavy (non-hydrogen) atoms. The molecular formula is C20H28N2O3. The second kappa shape index (κ2) is 8.00. The van der Waals surface area contributed by atoms with Crippen LogP contribution in [0.25, 0.3) is 0 Å². The van der Waals surface area contributed by atoms with Gasteiger partial charge in [0.25, 0.3) is 0 Å². The zero-order valence-electron chi connectivity index (χ0n) is 15.0. The lowest BCUT2D eigenvalue weighted by atomic mass is 10.0. The van der Waals surface area contributed by atoms with Crippen molar-refractivity contribution in [1.82, 2.24) is 9.80 Å². The number of carboxylic acids is 1. The maximum absolute atomic E-state index is 12.7. The lowest BCUT2D eigenvalue weighted by Gasteiger charge is -2.25. The highest BCUT2D eigenvalue weighted by Gasteiger charge is 2.24. The first-order chi connectivity index (χ1) is 12.0. The van der Waals surface area contributed by atoms with Gasteiger partial charge in [0.05, 0.1) is 13.0 Å².